The van der Waals surface area contributed by atoms with Gasteiger partial charge in [-0.05, 0) is 11.6 Å². The van der Waals surface area contributed by atoms with Crippen molar-refractivity contribution in [2.75, 3.05) is 0 Å². The predicted molar refractivity (Wildman–Crippen MR) is 49.8 cm³/mol. The number of aromatic carboxylic acids is 1. The fourth-order valence-corrected chi connectivity index (χ4v) is 1.39. The molecule has 0 aliphatic heterocycles. The minimum atomic E-state index is -1.22. The van der Waals surface area contributed by atoms with Crippen molar-refractivity contribution in [3.8, 4) is 0 Å². The fourth-order valence-electron chi connectivity index (χ4n) is 1.12. The lowest BCUT2D eigenvalue weighted by Crippen LogP contribution is -2.08. The van der Waals surface area contributed by atoms with Crippen molar-refractivity contribution in [1.82, 2.24) is 0 Å². The molecule has 2 N–H and O–H groups in total. The van der Waals surface area contributed by atoms with Crippen LogP contribution in [0.1, 0.15) is 15.9 Å². The standard InChI is InChI=1S/C9H7ClO4/c10-6-3-1-2-5(4-7(11)12)8(6)9(13)14/h1-3H,4H2,(H,11,12)(H,13,14). The number of benzene rings is 1. The first-order valence-electron chi connectivity index (χ1n) is 3.75. The van der Waals surface area contributed by atoms with Gasteiger partial charge in [0.15, 0.2) is 0 Å². The first kappa shape index (κ1) is 10.5. The lowest BCUT2D eigenvalue weighted by atomic mass is 10.0. The Morgan fingerprint density at radius 1 is 1.29 bits per heavy atom. The van der Waals surface area contributed by atoms with Gasteiger partial charge in [0, 0.05) is 0 Å². The molecule has 0 spiro atoms. The van der Waals surface area contributed by atoms with Crippen molar-refractivity contribution in [3.05, 3.63) is 34.3 Å². The zero-order chi connectivity index (χ0) is 10.7. The second-order valence-electron chi connectivity index (χ2n) is 2.65. The molecule has 0 saturated carbocycles. The SMILES string of the molecule is O=C(O)Cc1cccc(Cl)c1C(=O)O. The highest BCUT2D eigenvalue weighted by atomic mass is 35.5. The van der Waals surface area contributed by atoms with E-state index in [1.807, 2.05) is 0 Å². The summed E-state index contributed by atoms with van der Waals surface area (Å²) in [5.41, 5.74) is 0.0640. The van der Waals surface area contributed by atoms with Crippen LogP contribution in [0.2, 0.25) is 5.02 Å². The molecule has 1 aromatic rings. The summed E-state index contributed by atoms with van der Waals surface area (Å²) < 4.78 is 0. The molecule has 14 heavy (non-hydrogen) atoms. The quantitative estimate of drug-likeness (QED) is 0.803. The summed E-state index contributed by atoms with van der Waals surface area (Å²) >= 11 is 5.63. The number of hydrogen-bond donors (Lipinski definition) is 2. The molecule has 74 valence electrons. The van der Waals surface area contributed by atoms with E-state index in [4.69, 9.17) is 21.8 Å². The van der Waals surface area contributed by atoms with Crippen molar-refractivity contribution in [2.24, 2.45) is 0 Å². The molecule has 0 saturated heterocycles. The molecule has 5 heteroatoms. The lowest BCUT2D eigenvalue weighted by molar-refractivity contribution is -0.136. The maximum Gasteiger partial charge on any atom is 0.337 e. The molecule has 0 aliphatic rings. The molecule has 0 bridgehead atoms. The highest BCUT2D eigenvalue weighted by molar-refractivity contribution is 6.33. The molecule has 4 nitrogen and oxygen atoms in total. The number of aliphatic carboxylic acids is 1. The first-order chi connectivity index (χ1) is 6.52. The van der Waals surface area contributed by atoms with Crippen LogP contribution in [0.25, 0.3) is 0 Å². The lowest BCUT2D eigenvalue weighted by Gasteiger charge is -2.04. The van der Waals surface area contributed by atoms with E-state index in [1.165, 1.54) is 18.2 Å². The molecule has 0 fully saturated rings. The molecular weight excluding hydrogens is 208 g/mol. The van der Waals surface area contributed by atoms with Gasteiger partial charge in [-0.3, -0.25) is 4.79 Å². The van der Waals surface area contributed by atoms with Crippen LogP contribution < -0.4 is 0 Å². The van der Waals surface area contributed by atoms with E-state index in [0.717, 1.165) is 0 Å². The number of carbonyl (C=O) groups is 2. The number of carboxylic acids is 2. The minimum absolute atomic E-state index is 0.0521. The Balaban J connectivity index is 3.21. The van der Waals surface area contributed by atoms with Crippen LogP contribution in [0.4, 0.5) is 0 Å². The zero-order valence-corrected chi connectivity index (χ0v) is 7.78. The van der Waals surface area contributed by atoms with Crippen LogP contribution in [-0.4, -0.2) is 22.2 Å². The predicted octanol–water partition coefficient (Wildman–Crippen LogP) is 1.67. The van der Waals surface area contributed by atoms with Gasteiger partial charge in [0.1, 0.15) is 0 Å². The van der Waals surface area contributed by atoms with E-state index >= 15 is 0 Å². The van der Waals surface area contributed by atoms with Gasteiger partial charge in [-0.1, -0.05) is 23.7 Å². The van der Waals surface area contributed by atoms with E-state index in [9.17, 15) is 9.59 Å². The van der Waals surface area contributed by atoms with Crippen molar-refractivity contribution in [3.63, 3.8) is 0 Å². The Kier molecular flexibility index (Phi) is 3.09. The minimum Gasteiger partial charge on any atom is -0.481 e. The summed E-state index contributed by atoms with van der Waals surface area (Å²) in [6, 6.07) is 4.37. The maximum absolute atomic E-state index is 10.7. The van der Waals surface area contributed by atoms with E-state index < -0.39 is 11.9 Å². The van der Waals surface area contributed by atoms with Crippen LogP contribution in [0, 0.1) is 0 Å². The molecule has 0 radical (unpaired) electrons. The average molecular weight is 215 g/mol. The number of hydrogen-bond acceptors (Lipinski definition) is 2. The molecule has 1 rings (SSSR count). The van der Waals surface area contributed by atoms with Gasteiger partial charge < -0.3 is 10.2 Å². The van der Waals surface area contributed by atoms with Gasteiger partial charge in [0.25, 0.3) is 0 Å². The van der Waals surface area contributed by atoms with Gasteiger partial charge >= 0.3 is 11.9 Å². The van der Waals surface area contributed by atoms with Gasteiger partial charge in [-0.25, -0.2) is 4.79 Å². The molecule has 0 amide bonds. The average Bonchev–Trinajstić information content (AvgIpc) is 2.01. The second-order valence-corrected chi connectivity index (χ2v) is 3.06. The molecule has 0 aromatic heterocycles. The fraction of sp³-hybridized carbons (Fsp3) is 0.111. The van der Waals surface area contributed by atoms with Crippen LogP contribution in [0.15, 0.2) is 18.2 Å². The van der Waals surface area contributed by atoms with Gasteiger partial charge in [0.05, 0.1) is 17.0 Å². The first-order valence-corrected chi connectivity index (χ1v) is 4.12. The molecule has 0 atom stereocenters. The molecule has 0 heterocycles. The number of carboxylic acid groups (broad SMARTS) is 2. The smallest absolute Gasteiger partial charge is 0.337 e. The normalized spacial score (nSPS) is 9.79. The summed E-state index contributed by atoms with van der Waals surface area (Å²) in [5, 5.41) is 17.4. The topological polar surface area (TPSA) is 74.6 Å². The summed E-state index contributed by atoms with van der Waals surface area (Å²) in [5.74, 6) is -2.30. The Bertz CT molecular complexity index is 386. The summed E-state index contributed by atoms with van der Waals surface area (Å²) in [6.45, 7) is 0. The van der Waals surface area contributed by atoms with Gasteiger partial charge in [0.2, 0.25) is 0 Å². The third kappa shape index (κ3) is 2.23. The van der Waals surface area contributed by atoms with E-state index in [2.05, 4.69) is 0 Å². The highest BCUT2D eigenvalue weighted by Crippen LogP contribution is 2.20. The van der Waals surface area contributed by atoms with E-state index in [1.54, 1.807) is 0 Å². The Morgan fingerprint density at radius 3 is 2.43 bits per heavy atom. The molecule has 0 aliphatic carbocycles. The third-order valence-corrected chi connectivity index (χ3v) is 1.97. The molecule has 0 unspecified atom stereocenters. The van der Waals surface area contributed by atoms with Crippen LogP contribution in [-0.2, 0) is 11.2 Å². The van der Waals surface area contributed by atoms with Crippen LogP contribution in [0.3, 0.4) is 0 Å². The van der Waals surface area contributed by atoms with Gasteiger partial charge in [-0.15, -0.1) is 0 Å². The van der Waals surface area contributed by atoms with E-state index in [0.29, 0.717) is 0 Å². The van der Waals surface area contributed by atoms with Crippen molar-refractivity contribution in [1.29, 1.82) is 0 Å². The largest absolute Gasteiger partial charge is 0.481 e. The Hall–Kier alpha value is -1.55. The summed E-state index contributed by atoms with van der Waals surface area (Å²) in [4.78, 5) is 21.2. The van der Waals surface area contributed by atoms with Crippen LogP contribution in [0.5, 0.6) is 0 Å². The summed E-state index contributed by atoms with van der Waals surface area (Å²) in [6.07, 6.45) is -0.345. The maximum atomic E-state index is 10.7. The molecular formula is C9H7ClO4. The Morgan fingerprint density at radius 2 is 1.93 bits per heavy atom. The van der Waals surface area contributed by atoms with Crippen molar-refractivity contribution >= 4 is 23.5 Å². The van der Waals surface area contributed by atoms with Crippen molar-refractivity contribution in [2.45, 2.75) is 6.42 Å². The highest BCUT2D eigenvalue weighted by Gasteiger charge is 2.15. The van der Waals surface area contributed by atoms with Crippen LogP contribution >= 0.6 is 11.6 Å². The van der Waals surface area contributed by atoms with Crippen molar-refractivity contribution < 1.29 is 19.8 Å². The second kappa shape index (κ2) is 4.11. The Labute approximate surface area is 84.7 Å². The van der Waals surface area contributed by atoms with Gasteiger partial charge in [-0.2, -0.15) is 0 Å². The number of rotatable bonds is 3. The van der Waals surface area contributed by atoms with E-state index in [-0.39, 0.29) is 22.6 Å². The zero-order valence-electron chi connectivity index (χ0n) is 7.03. The third-order valence-electron chi connectivity index (χ3n) is 1.66. The number of halogens is 1. The summed E-state index contributed by atoms with van der Waals surface area (Å²) in [7, 11) is 0. The monoisotopic (exact) mass is 214 g/mol. The molecule has 1 aromatic carbocycles.